The van der Waals surface area contributed by atoms with E-state index in [0.717, 1.165) is 24.4 Å². The van der Waals surface area contributed by atoms with Crippen LogP contribution in [0.2, 0.25) is 18.1 Å². The molecule has 0 fully saturated rings. The first-order valence-electron chi connectivity index (χ1n) is 7.26. The van der Waals surface area contributed by atoms with Gasteiger partial charge in [-0.2, -0.15) is 0 Å². The summed E-state index contributed by atoms with van der Waals surface area (Å²) in [5, 5.41) is 0. The summed E-state index contributed by atoms with van der Waals surface area (Å²) in [5.74, 6) is 0.290. The van der Waals surface area contributed by atoms with Gasteiger partial charge in [0.2, 0.25) is 0 Å². The molecule has 0 bridgehead atoms. The molecule has 0 heterocycles. The molecule has 0 N–H and O–H groups in total. The molecule has 0 aliphatic rings. The first kappa shape index (κ1) is 17.6. The van der Waals surface area contributed by atoms with Crippen LogP contribution in [0.1, 0.15) is 41.5 Å². The lowest BCUT2D eigenvalue weighted by atomic mass is 9.91. The molecule has 0 spiro atoms. The highest BCUT2D eigenvalue weighted by Crippen LogP contribution is 2.28. The van der Waals surface area contributed by atoms with Crippen molar-refractivity contribution in [2.24, 2.45) is 11.8 Å². The molecule has 0 aliphatic heterocycles. The topological polar surface area (TPSA) is 26.3 Å². The monoisotopic (exact) mass is 270 g/mol. The van der Waals surface area contributed by atoms with Crippen LogP contribution in [0.4, 0.5) is 0 Å². The summed E-state index contributed by atoms with van der Waals surface area (Å²) in [6.45, 7) is 12.8. The summed E-state index contributed by atoms with van der Waals surface area (Å²) in [6.07, 6.45) is 5.08. The van der Waals surface area contributed by atoms with E-state index in [-0.39, 0.29) is 12.0 Å². The van der Waals surface area contributed by atoms with Gasteiger partial charge in [-0.3, -0.25) is 0 Å². The molecule has 0 radical (unpaired) electrons. The molecule has 0 saturated heterocycles. The molecule has 0 amide bonds. The average Bonchev–Trinajstić information content (AvgIpc) is 2.36. The third kappa shape index (κ3) is 4.69. The van der Waals surface area contributed by atoms with Crippen LogP contribution in [0.25, 0.3) is 0 Å². The average molecular weight is 270 g/mol. The summed E-state index contributed by atoms with van der Waals surface area (Å²) in [5.41, 5.74) is 0. The van der Waals surface area contributed by atoms with Crippen LogP contribution in [0.5, 0.6) is 0 Å². The lowest BCUT2D eigenvalue weighted by Crippen LogP contribution is -2.43. The minimum absolute atomic E-state index is 0.0299. The minimum atomic E-state index is -1.65. The van der Waals surface area contributed by atoms with E-state index in [9.17, 15) is 4.79 Å². The van der Waals surface area contributed by atoms with Gasteiger partial charge in [-0.25, -0.2) is 0 Å². The quantitative estimate of drug-likeness (QED) is 0.352. The molecule has 0 aromatic heterocycles. The summed E-state index contributed by atoms with van der Waals surface area (Å²) in [6, 6.07) is 3.37. The predicted octanol–water partition coefficient (Wildman–Crippen LogP) is 4.42. The van der Waals surface area contributed by atoms with E-state index in [0.29, 0.717) is 5.92 Å². The van der Waals surface area contributed by atoms with Gasteiger partial charge in [-0.1, -0.05) is 46.8 Å². The maximum absolute atomic E-state index is 11.3. The lowest BCUT2D eigenvalue weighted by Gasteiger charge is -2.35. The Balaban J connectivity index is 5.06. The van der Waals surface area contributed by atoms with E-state index < -0.39 is 8.32 Å². The van der Waals surface area contributed by atoms with E-state index in [1.807, 2.05) is 13.0 Å². The van der Waals surface area contributed by atoms with E-state index >= 15 is 0 Å². The SMILES string of the molecule is C/C=C/[C@H](O[Si](CC)(CC)CC)[C@H](C=O)C(C)C. The Morgan fingerprint density at radius 2 is 1.61 bits per heavy atom. The van der Waals surface area contributed by atoms with Crippen molar-refractivity contribution in [2.75, 3.05) is 0 Å². The lowest BCUT2D eigenvalue weighted by molar-refractivity contribution is -0.114. The van der Waals surface area contributed by atoms with Crippen molar-refractivity contribution < 1.29 is 9.22 Å². The van der Waals surface area contributed by atoms with Crippen molar-refractivity contribution in [3.63, 3.8) is 0 Å². The number of allylic oxidation sites excluding steroid dienone is 1. The molecular formula is C15H30O2Si. The zero-order valence-electron chi connectivity index (χ0n) is 12.9. The Morgan fingerprint density at radius 1 is 1.11 bits per heavy atom. The van der Waals surface area contributed by atoms with Gasteiger partial charge in [-0.15, -0.1) is 0 Å². The smallest absolute Gasteiger partial charge is 0.192 e. The van der Waals surface area contributed by atoms with E-state index in [2.05, 4.69) is 40.7 Å². The molecule has 0 saturated carbocycles. The standard InChI is InChI=1S/C15H30O2Si/c1-7-11-15(14(12-16)13(5)6)17-18(8-2,9-3)10-4/h7,11-15H,8-10H2,1-6H3/b11-7+/t14-,15+/m1/s1. The Morgan fingerprint density at radius 3 is 1.89 bits per heavy atom. The van der Waals surface area contributed by atoms with Gasteiger partial charge in [0.05, 0.1) is 6.10 Å². The fraction of sp³-hybridized carbons (Fsp3) is 0.800. The molecule has 0 rings (SSSR count). The van der Waals surface area contributed by atoms with Crippen LogP contribution < -0.4 is 0 Å². The first-order chi connectivity index (χ1) is 8.50. The first-order valence-corrected chi connectivity index (χ1v) is 9.79. The maximum Gasteiger partial charge on any atom is 0.192 e. The Hall–Kier alpha value is -0.413. The molecular weight excluding hydrogens is 240 g/mol. The van der Waals surface area contributed by atoms with Crippen LogP contribution in [-0.4, -0.2) is 20.7 Å². The van der Waals surface area contributed by atoms with Crippen molar-refractivity contribution in [3.05, 3.63) is 12.2 Å². The number of carbonyl (C=O) groups is 1. The number of hydrogen-bond donors (Lipinski definition) is 0. The summed E-state index contributed by atoms with van der Waals surface area (Å²) in [7, 11) is -1.65. The highest BCUT2D eigenvalue weighted by atomic mass is 28.4. The molecule has 3 heteroatoms. The van der Waals surface area contributed by atoms with Crippen molar-refractivity contribution in [2.45, 2.75) is 65.8 Å². The third-order valence-corrected chi connectivity index (χ3v) is 8.65. The van der Waals surface area contributed by atoms with Gasteiger partial charge >= 0.3 is 0 Å². The second kappa shape index (κ2) is 8.65. The van der Waals surface area contributed by atoms with Crippen LogP contribution >= 0.6 is 0 Å². The minimum Gasteiger partial charge on any atom is -0.410 e. The summed E-state index contributed by atoms with van der Waals surface area (Å²) in [4.78, 5) is 11.3. The van der Waals surface area contributed by atoms with Crippen LogP contribution in [-0.2, 0) is 9.22 Å². The van der Waals surface area contributed by atoms with Gasteiger partial charge in [-0.05, 0) is 31.0 Å². The molecule has 18 heavy (non-hydrogen) atoms. The van der Waals surface area contributed by atoms with Gasteiger partial charge in [0.1, 0.15) is 6.29 Å². The van der Waals surface area contributed by atoms with Crippen molar-refractivity contribution in [1.29, 1.82) is 0 Å². The highest BCUT2D eigenvalue weighted by Gasteiger charge is 2.34. The van der Waals surface area contributed by atoms with Crippen molar-refractivity contribution in [3.8, 4) is 0 Å². The Kier molecular flexibility index (Phi) is 8.45. The Labute approximate surface area is 114 Å². The molecule has 0 aromatic carbocycles. The number of aldehydes is 1. The summed E-state index contributed by atoms with van der Waals surface area (Å²) < 4.78 is 6.46. The number of rotatable bonds is 9. The number of carbonyl (C=O) groups excluding carboxylic acids is 1. The van der Waals surface area contributed by atoms with Gasteiger partial charge in [0, 0.05) is 5.92 Å². The van der Waals surface area contributed by atoms with Crippen LogP contribution in [0.15, 0.2) is 12.2 Å². The highest BCUT2D eigenvalue weighted by molar-refractivity contribution is 6.73. The molecule has 0 aliphatic carbocycles. The second-order valence-electron chi connectivity index (χ2n) is 5.31. The number of hydrogen-bond acceptors (Lipinski definition) is 2. The normalized spacial score (nSPS) is 16.2. The largest absolute Gasteiger partial charge is 0.410 e. The molecule has 0 aromatic rings. The van der Waals surface area contributed by atoms with Gasteiger partial charge in [0.15, 0.2) is 8.32 Å². The van der Waals surface area contributed by atoms with Crippen molar-refractivity contribution >= 4 is 14.6 Å². The zero-order valence-corrected chi connectivity index (χ0v) is 13.9. The fourth-order valence-electron chi connectivity index (χ4n) is 2.34. The molecule has 2 atom stereocenters. The zero-order chi connectivity index (χ0) is 14.2. The maximum atomic E-state index is 11.3. The van der Waals surface area contributed by atoms with Crippen LogP contribution in [0, 0.1) is 11.8 Å². The Bertz CT molecular complexity index is 249. The van der Waals surface area contributed by atoms with E-state index in [1.165, 1.54) is 0 Å². The third-order valence-electron chi connectivity index (χ3n) is 4.01. The van der Waals surface area contributed by atoms with E-state index in [1.54, 1.807) is 0 Å². The molecule has 2 nitrogen and oxygen atoms in total. The van der Waals surface area contributed by atoms with Crippen molar-refractivity contribution in [1.82, 2.24) is 0 Å². The molecule has 106 valence electrons. The molecule has 0 unspecified atom stereocenters. The van der Waals surface area contributed by atoms with Gasteiger partial charge in [0.25, 0.3) is 0 Å². The summed E-state index contributed by atoms with van der Waals surface area (Å²) >= 11 is 0. The second-order valence-corrected chi connectivity index (χ2v) is 10.0. The fourth-order valence-corrected chi connectivity index (χ4v) is 5.15. The predicted molar refractivity (Wildman–Crippen MR) is 81.3 cm³/mol. The van der Waals surface area contributed by atoms with E-state index in [4.69, 9.17) is 4.43 Å². The van der Waals surface area contributed by atoms with Gasteiger partial charge < -0.3 is 9.22 Å². The van der Waals surface area contributed by atoms with Crippen LogP contribution in [0.3, 0.4) is 0 Å².